The molecular weight excluding hydrogens is 547 g/mol. The second-order valence-electron chi connectivity index (χ2n) is 11.1. The van der Waals surface area contributed by atoms with Gasteiger partial charge in [-0.3, -0.25) is 4.79 Å². The molecule has 0 bridgehead atoms. The second-order valence-corrected chi connectivity index (χ2v) is 11.1. The number of allylic oxidation sites excluding steroid dienone is 1. The fraction of sp³-hybridized carbons (Fsp3) is 0.300. The summed E-state index contributed by atoms with van der Waals surface area (Å²) in [6.45, 7) is 6.46. The van der Waals surface area contributed by atoms with E-state index in [0.717, 1.165) is 18.6 Å². The van der Waals surface area contributed by atoms with Crippen molar-refractivity contribution in [2.24, 2.45) is 5.41 Å². The normalized spacial score (nSPS) is 15.7. The fourth-order valence-electron chi connectivity index (χ4n) is 5.01. The second kappa shape index (κ2) is 11.2. The number of carbonyl (C=O) groups excluding carboxylic acids is 1. The highest BCUT2D eigenvalue weighted by Gasteiger charge is 2.33. The number of nitrogens with zero attached hydrogens (tertiary/aromatic N) is 6. The van der Waals surface area contributed by atoms with Crippen LogP contribution in [0.25, 0.3) is 22.3 Å². The Balaban J connectivity index is 1.48. The number of nitriles is 1. The number of rotatable bonds is 6. The molecule has 9 nitrogen and oxygen atoms in total. The lowest BCUT2D eigenvalue weighted by molar-refractivity contribution is -0.127. The van der Waals surface area contributed by atoms with Gasteiger partial charge in [0.15, 0.2) is 17.2 Å². The molecule has 2 aromatic carbocycles. The third kappa shape index (κ3) is 5.63. The van der Waals surface area contributed by atoms with E-state index >= 15 is 4.39 Å². The lowest BCUT2D eigenvalue weighted by Gasteiger charge is -2.25. The Morgan fingerprint density at radius 1 is 1.19 bits per heavy atom. The number of nitrogen functional groups attached to an aromatic ring is 1. The van der Waals surface area contributed by atoms with Gasteiger partial charge in [0.05, 0.1) is 18.0 Å². The average molecular weight is 576 g/mol. The minimum atomic E-state index is -1.19. The van der Waals surface area contributed by atoms with Crippen molar-refractivity contribution >= 4 is 22.8 Å². The van der Waals surface area contributed by atoms with Gasteiger partial charge >= 0.3 is 0 Å². The van der Waals surface area contributed by atoms with Crippen LogP contribution in [-0.4, -0.2) is 43.1 Å². The summed E-state index contributed by atoms with van der Waals surface area (Å²) in [4.78, 5) is 23.4. The molecule has 0 aliphatic carbocycles. The molecule has 1 amide bonds. The maximum Gasteiger partial charge on any atom is 0.264 e. The smallest absolute Gasteiger partial charge is 0.264 e. The van der Waals surface area contributed by atoms with Crippen LogP contribution in [0.4, 0.5) is 19.0 Å². The van der Waals surface area contributed by atoms with Gasteiger partial charge in [-0.25, -0.2) is 23.4 Å². The van der Waals surface area contributed by atoms with Crippen molar-refractivity contribution in [3.8, 4) is 28.8 Å². The molecule has 0 radical (unpaired) electrons. The Bertz CT molecular complexity index is 1750. The molecule has 4 aromatic rings. The molecule has 2 aromatic heterocycles. The summed E-state index contributed by atoms with van der Waals surface area (Å²) in [5.74, 6) is -3.73. The lowest BCUT2D eigenvalue weighted by Crippen LogP contribution is -2.39. The minimum Gasteiger partial charge on any atom is -0.454 e. The van der Waals surface area contributed by atoms with E-state index in [1.165, 1.54) is 30.6 Å². The van der Waals surface area contributed by atoms with Crippen LogP contribution in [0.5, 0.6) is 11.5 Å². The van der Waals surface area contributed by atoms with Crippen LogP contribution in [-0.2, 0) is 11.3 Å². The summed E-state index contributed by atoms with van der Waals surface area (Å²) in [5.41, 5.74) is 6.49. The van der Waals surface area contributed by atoms with E-state index in [9.17, 15) is 18.8 Å². The van der Waals surface area contributed by atoms with E-state index in [2.05, 4.69) is 15.1 Å². The van der Waals surface area contributed by atoms with Gasteiger partial charge in [0.1, 0.15) is 41.0 Å². The first kappa shape index (κ1) is 28.6. The van der Waals surface area contributed by atoms with E-state index in [-0.39, 0.29) is 58.1 Å². The highest BCUT2D eigenvalue weighted by molar-refractivity contribution is 5.99. The number of benzene rings is 2. The van der Waals surface area contributed by atoms with Crippen molar-refractivity contribution in [3.63, 3.8) is 0 Å². The molecule has 0 spiro atoms. The lowest BCUT2D eigenvalue weighted by atomic mass is 9.93. The molecule has 12 heteroatoms. The van der Waals surface area contributed by atoms with E-state index in [1.54, 1.807) is 15.7 Å². The number of carbonyl (C=O) groups is 1. The predicted octanol–water partition coefficient (Wildman–Crippen LogP) is 5.77. The van der Waals surface area contributed by atoms with Crippen molar-refractivity contribution in [1.29, 1.82) is 5.26 Å². The minimum absolute atomic E-state index is 0.0505. The largest absolute Gasteiger partial charge is 0.454 e. The quantitative estimate of drug-likeness (QED) is 0.229. The van der Waals surface area contributed by atoms with Crippen molar-refractivity contribution in [3.05, 3.63) is 71.8 Å². The average Bonchev–Trinajstić information content (AvgIpc) is 3.55. The number of fused-ring (bicyclic) bond motifs is 1. The van der Waals surface area contributed by atoms with Crippen molar-refractivity contribution < 1.29 is 22.7 Å². The van der Waals surface area contributed by atoms with Gasteiger partial charge in [0.25, 0.3) is 5.91 Å². The van der Waals surface area contributed by atoms with Crippen molar-refractivity contribution in [2.45, 2.75) is 46.2 Å². The number of hydrogen-bond donors (Lipinski definition) is 1. The number of halogens is 3. The van der Waals surface area contributed by atoms with Crippen LogP contribution in [0.3, 0.4) is 0 Å². The molecule has 1 fully saturated rings. The molecular formula is C30H28F3N7O2. The maximum atomic E-state index is 15.5. The third-order valence-electron chi connectivity index (χ3n) is 6.85. The number of anilines is 1. The molecule has 1 atom stereocenters. The molecule has 42 heavy (non-hydrogen) atoms. The van der Waals surface area contributed by atoms with E-state index < -0.39 is 17.5 Å². The van der Waals surface area contributed by atoms with Gasteiger partial charge in [-0.1, -0.05) is 32.9 Å². The standard InChI is InChI=1S/C30H28F3N7O2/c1-30(2,3)13-17(14-34)29(41)39-11-5-6-18(39)15-40-28-24(27(35)36-16-37-28)26(38-40)20-10-9-19(12-22(20)32)42-23-8-4-7-21(31)25(23)33/h4,7-10,12-13,16,18H,5-6,11,15H2,1-3H3,(H2,35,36,37)/b17-13-. The van der Waals surface area contributed by atoms with E-state index in [1.807, 2.05) is 26.8 Å². The van der Waals surface area contributed by atoms with Gasteiger partial charge in [0.2, 0.25) is 5.82 Å². The zero-order chi connectivity index (χ0) is 30.2. The van der Waals surface area contributed by atoms with Crippen LogP contribution in [0.15, 0.2) is 54.4 Å². The summed E-state index contributed by atoms with van der Waals surface area (Å²) >= 11 is 0. The zero-order valence-electron chi connectivity index (χ0n) is 23.2. The Hall–Kier alpha value is -4.92. The molecule has 216 valence electrons. The SMILES string of the molecule is CC(C)(C)/C=C(/C#N)C(=O)N1CCCC1Cn1nc(-c2ccc(Oc3cccc(F)c3F)cc2F)c2c(N)ncnc21. The topological polar surface area (TPSA) is 123 Å². The highest BCUT2D eigenvalue weighted by atomic mass is 19.2. The van der Waals surface area contributed by atoms with Crippen LogP contribution >= 0.6 is 0 Å². The summed E-state index contributed by atoms with van der Waals surface area (Å²) in [5, 5.41) is 14.6. The molecule has 2 N–H and O–H groups in total. The molecule has 3 heterocycles. The van der Waals surface area contributed by atoms with Gasteiger partial charge in [0, 0.05) is 18.2 Å². The van der Waals surface area contributed by atoms with Gasteiger partial charge < -0.3 is 15.4 Å². The molecule has 1 aliphatic rings. The van der Waals surface area contributed by atoms with Crippen LogP contribution in [0.2, 0.25) is 0 Å². The highest BCUT2D eigenvalue weighted by Crippen LogP contribution is 2.35. The Morgan fingerprint density at radius 2 is 1.98 bits per heavy atom. The van der Waals surface area contributed by atoms with Crippen LogP contribution < -0.4 is 10.5 Å². The van der Waals surface area contributed by atoms with Crippen molar-refractivity contribution in [1.82, 2.24) is 24.6 Å². The first-order valence-corrected chi connectivity index (χ1v) is 13.3. The monoisotopic (exact) mass is 575 g/mol. The number of nitrogens with two attached hydrogens (primary N) is 1. The van der Waals surface area contributed by atoms with E-state index in [4.69, 9.17) is 10.5 Å². The Kier molecular flexibility index (Phi) is 7.60. The third-order valence-corrected chi connectivity index (χ3v) is 6.85. The molecule has 1 saturated heterocycles. The first-order valence-electron chi connectivity index (χ1n) is 13.3. The number of aromatic nitrogens is 4. The summed E-state index contributed by atoms with van der Waals surface area (Å²) in [6, 6.07) is 9.03. The predicted molar refractivity (Wildman–Crippen MR) is 149 cm³/mol. The first-order chi connectivity index (χ1) is 20.0. The fourth-order valence-corrected chi connectivity index (χ4v) is 5.01. The molecule has 1 unspecified atom stereocenters. The molecule has 1 aliphatic heterocycles. The number of likely N-dealkylation sites (tertiary alicyclic amines) is 1. The van der Waals surface area contributed by atoms with Crippen LogP contribution in [0, 0.1) is 34.2 Å². The number of hydrogen-bond acceptors (Lipinski definition) is 7. The summed E-state index contributed by atoms with van der Waals surface area (Å²) in [7, 11) is 0. The zero-order valence-corrected chi connectivity index (χ0v) is 23.2. The Morgan fingerprint density at radius 3 is 2.69 bits per heavy atom. The molecule has 0 saturated carbocycles. The van der Waals surface area contributed by atoms with Gasteiger partial charge in [-0.2, -0.15) is 14.8 Å². The van der Waals surface area contributed by atoms with Crippen LogP contribution in [0.1, 0.15) is 33.6 Å². The van der Waals surface area contributed by atoms with Gasteiger partial charge in [-0.05, 0) is 42.5 Å². The van der Waals surface area contributed by atoms with Gasteiger partial charge in [-0.15, -0.1) is 0 Å². The summed E-state index contributed by atoms with van der Waals surface area (Å²) < 4.78 is 50.0. The van der Waals surface area contributed by atoms with E-state index in [0.29, 0.717) is 24.0 Å². The molecule has 5 rings (SSSR count). The summed E-state index contributed by atoms with van der Waals surface area (Å²) in [6.07, 6.45) is 4.36. The number of ether oxygens (including phenoxy) is 1. The van der Waals surface area contributed by atoms with Crippen molar-refractivity contribution in [2.75, 3.05) is 12.3 Å². The maximum absolute atomic E-state index is 15.5. The number of amides is 1. The Labute approximate surface area is 240 Å².